The summed E-state index contributed by atoms with van der Waals surface area (Å²) >= 11 is 0. The summed E-state index contributed by atoms with van der Waals surface area (Å²) in [5, 5.41) is 10.6. The number of esters is 1. The molecule has 0 aromatic heterocycles. The maximum Gasteiger partial charge on any atom is 0.307 e. The zero-order valence-corrected chi connectivity index (χ0v) is 14.6. The first kappa shape index (κ1) is 20.3. The van der Waals surface area contributed by atoms with Crippen LogP contribution in [-0.2, 0) is 14.3 Å². The van der Waals surface area contributed by atoms with E-state index < -0.39 is 4.92 Å². The molecule has 0 aliphatic carbocycles. The number of carbonyl (C=O) groups is 2. The minimum Gasteiger partial charge on any atom is -0.466 e. The van der Waals surface area contributed by atoms with Crippen molar-refractivity contribution in [3.8, 4) is 0 Å². The lowest BCUT2D eigenvalue weighted by atomic mass is 10.2. The number of unbranched alkanes of at least 4 members (excludes halogenated alkanes) is 1. The van der Waals surface area contributed by atoms with Crippen molar-refractivity contribution in [1.29, 1.82) is 0 Å². The highest BCUT2D eigenvalue weighted by Crippen LogP contribution is 2.13. The number of nitro groups is 1. The predicted molar refractivity (Wildman–Crippen MR) is 94.9 cm³/mol. The van der Waals surface area contributed by atoms with Crippen molar-refractivity contribution in [1.82, 2.24) is 4.90 Å². The summed E-state index contributed by atoms with van der Waals surface area (Å²) in [6, 6.07) is 5.94. The highest BCUT2D eigenvalue weighted by atomic mass is 16.6. The lowest BCUT2D eigenvalue weighted by molar-refractivity contribution is -0.384. The Morgan fingerprint density at radius 2 is 1.88 bits per heavy atom. The predicted octanol–water partition coefficient (Wildman–Crippen LogP) is 3.19. The summed E-state index contributed by atoms with van der Waals surface area (Å²) in [6.45, 7) is 4.97. The lowest BCUT2D eigenvalue weighted by Gasteiger charge is -2.20. The first-order valence-electron chi connectivity index (χ1n) is 8.35. The zero-order chi connectivity index (χ0) is 18.7. The molecule has 0 heterocycles. The van der Waals surface area contributed by atoms with Crippen LogP contribution in [0.1, 0.15) is 38.7 Å². The van der Waals surface area contributed by atoms with Crippen LogP contribution in [0.4, 0.5) is 5.69 Å². The van der Waals surface area contributed by atoms with Gasteiger partial charge in [0.05, 0.1) is 18.0 Å². The van der Waals surface area contributed by atoms with Gasteiger partial charge in [-0.1, -0.05) is 13.3 Å². The van der Waals surface area contributed by atoms with Crippen molar-refractivity contribution in [2.45, 2.75) is 33.1 Å². The van der Waals surface area contributed by atoms with Gasteiger partial charge in [-0.05, 0) is 37.1 Å². The van der Waals surface area contributed by atoms with Gasteiger partial charge in [0.15, 0.2) is 0 Å². The number of hydrogen-bond donors (Lipinski definition) is 0. The lowest BCUT2D eigenvalue weighted by Crippen LogP contribution is -2.32. The Labute approximate surface area is 147 Å². The van der Waals surface area contributed by atoms with Gasteiger partial charge in [0.2, 0.25) is 5.91 Å². The molecular weight excluding hydrogens is 324 g/mol. The summed E-state index contributed by atoms with van der Waals surface area (Å²) in [4.78, 5) is 35.6. The smallest absolute Gasteiger partial charge is 0.307 e. The van der Waals surface area contributed by atoms with Crippen LogP contribution in [-0.4, -0.2) is 41.4 Å². The van der Waals surface area contributed by atoms with Gasteiger partial charge in [0.25, 0.3) is 5.69 Å². The van der Waals surface area contributed by atoms with E-state index in [9.17, 15) is 19.7 Å². The topological polar surface area (TPSA) is 89.8 Å². The Balaban J connectivity index is 2.68. The summed E-state index contributed by atoms with van der Waals surface area (Å²) in [7, 11) is 0. The maximum atomic E-state index is 12.3. The molecule has 0 fully saturated rings. The molecule has 0 aliphatic rings. The SMILES string of the molecule is CCCCN(CCC(=O)OCC)C(=O)/C=C/c1ccc([N+](=O)[O-])cc1. The molecule has 0 spiro atoms. The van der Waals surface area contributed by atoms with Crippen LogP contribution < -0.4 is 0 Å². The van der Waals surface area contributed by atoms with Gasteiger partial charge in [-0.2, -0.15) is 0 Å². The number of benzene rings is 1. The number of carbonyl (C=O) groups excluding carboxylic acids is 2. The van der Waals surface area contributed by atoms with E-state index in [1.165, 1.54) is 18.2 Å². The van der Waals surface area contributed by atoms with Crippen molar-refractivity contribution < 1.29 is 19.2 Å². The third kappa shape index (κ3) is 7.60. The van der Waals surface area contributed by atoms with Crippen molar-refractivity contribution in [3.05, 3.63) is 46.0 Å². The number of nitro benzene ring substituents is 1. The second-order valence-electron chi connectivity index (χ2n) is 5.42. The second kappa shape index (κ2) is 11.0. The number of rotatable bonds is 10. The standard InChI is InChI=1S/C18H24N2O5/c1-3-5-13-19(14-12-18(22)25-4-2)17(21)11-8-15-6-9-16(10-7-15)20(23)24/h6-11H,3-5,12-14H2,1-2H3/b11-8+. The molecule has 0 bridgehead atoms. The number of ether oxygens (including phenoxy) is 1. The first-order valence-corrected chi connectivity index (χ1v) is 8.35. The van der Waals surface area contributed by atoms with Gasteiger partial charge in [-0.3, -0.25) is 19.7 Å². The van der Waals surface area contributed by atoms with Gasteiger partial charge < -0.3 is 9.64 Å². The molecule has 1 amide bonds. The Kier molecular flexibility index (Phi) is 8.92. The van der Waals surface area contributed by atoms with Crippen LogP contribution in [0.3, 0.4) is 0 Å². The molecule has 0 saturated carbocycles. The third-order valence-corrected chi connectivity index (χ3v) is 3.51. The van der Waals surface area contributed by atoms with E-state index in [0.29, 0.717) is 25.3 Å². The second-order valence-corrected chi connectivity index (χ2v) is 5.42. The average molecular weight is 348 g/mol. The first-order chi connectivity index (χ1) is 12.0. The maximum absolute atomic E-state index is 12.3. The van der Waals surface area contributed by atoms with E-state index in [2.05, 4.69) is 0 Å². The van der Waals surface area contributed by atoms with E-state index in [0.717, 1.165) is 12.8 Å². The molecule has 0 aliphatic heterocycles. The molecule has 0 radical (unpaired) electrons. The Morgan fingerprint density at radius 1 is 1.20 bits per heavy atom. The highest BCUT2D eigenvalue weighted by molar-refractivity contribution is 5.92. The van der Waals surface area contributed by atoms with Crippen molar-refractivity contribution in [3.63, 3.8) is 0 Å². The van der Waals surface area contributed by atoms with Gasteiger partial charge in [-0.25, -0.2) is 0 Å². The molecule has 7 heteroatoms. The fraction of sp³-hybridized carbons (Fsp3) is 0.444. The Bertz CT molecular complexity index is 610. The number of hydrogen-bond acceptors (Lipinski definition) is 5. The van der Waals surface area contributed by atoms with E-state index in [1.54, 1.807) is 30.0 Å². The molecule has 0 N–H and O–H groups in total. The normalized spacial score (nSPS) is 10.6. The van der Waals surface area contributed by atoms with E-state index in [-0.39, 0.29) is 24.0 Å². The molecule has 25 heavy (non-hydrogen) atoms. The quantitative estimate of drug-likeness (QED) is 0.280. The van der Waals surface area contributed by atoms with Crippen LogP contribution >= 0.6 is 0 Å². The Morgan fingerprint density at radius 3 is 2.44 bits per heavy atom. The molecule has 0 unspecified atom stereocenters. The van der Waals surface area contributed by atoms with Gasteiger partial charge in [-0.15, -0.1) is 0 Å². The summed E-state index contributed by atoms with van der Waals surface area (Å²) < 4.78 is 4.89. The fourth-order valence-electron chi connectivity index (χ4n) is 2.12. The number of non-ortho nitro benzene ring substituents is 1. The van der Waals surface area contributed by atoms with Crippen molar-refractivity contribution in [2.75, 3.05) is 19.7 Å². The van der Waals surface area contributed by atoms with Gasteiger partial charge in [0.1, 0.15) is 0 Å². The van der Waals surface area contributed by atoms with E-state index in [1.807, 2.05) is 6.92 Å². The van der Waals surface area contributed by atoms with Gasteiger partial charge in [0, 0.05) is 31.3 Å². The van der Waals surface area contributed by atoms with Crippen LogP contribution in [0.25, 0.3) is 6.08 Å². The fourth-order valence-corrected chi connectivity index (χ4v) is 2.12. The van der Waals surface area contributed by atoms with E-state index >= 15 is 0 Å². The molecule has 0 saturated heterocycles. The number of nitrogens with zero attached hydrogens (tertiary/aromatic N) is 2. The molecule has 136 valence electrons. The van der Waals surface area contributed by atoms with Crippen LogP contribution in [0.2, 0.25) is 0 Å². The van der Waals surface area contributed by atoms with E-state index in [4.69, 9.17) is 4.74 Å². The summed E-state index contributed by atoms with van der Waals surface area (Å²) in [6.07, 6.45) is 4.97. The highest BCUT2D eigenvalue weighted by Gasteiger charge is 2.13. The van der Waals surface area contributed by atoms with Crippen LogP contribution in [0, 0.1) is 10.1 Å². The molecule has 1 rings (SSSR count). The molecule has 1 aromatic carbocycles. The minimum atomic E-state index is -0.472. The third-order valence-electron chi connectivity index (χ3n) is 3.51. The van der Waals surface area contributed by atoms with Crippen LogP contribution in [0.15, 0.2) is 30.3 Å². The van der Waals surface area contributed by atoms with Crippen molar-refractivity contribution in [2.24, 2.45) is 0 Å². The molecule has 0 atom stereocenters. The zero-order valence-electron chi connectivity index (χ0n) is 14.6. The minimum absolute atomic E-state index is 0.00230. The molecule has 1 aromatic rings. The monoisotopic (exact) mass is 348 g/mol. The summed E-state index contributed by atoms with van der Waals surface area (Å²) in [5.74, 6) is -0.521. The molecule has 7 nitrogen and oxygen atoms in total. The van der Waals surface area contributed by atoms with Crippen molar-refractivity contribution >= 4 is 23.6 Å². The Hall–Kier alpha value is -2.70. The molecular formula is C18H24N2O5. The van der Waals surface area contributed by atoms with Crippen LogP contribution in [0.5, 0.6) is 0 Å². The van der Waals surface area contributed by atoms with Gasteiger partial charge >= 0.3 is 5.97 Å². The summed E-state index contributed by atoms with van der Waals surface area (Å²) in [5.41, 5.74) is 0.697. The number of amides is 1. The average Bonchev–Trinajstić information content (AvgIpc) is 2.60. The largest absolute Gasteiger partial charge is 0.466 e.